The van der Waals surface area contributed by atoms with E-state index in [2.05, 4.69) is 20.5 Å². The summed E-state index contributed by atoms with van der Waals surface area (Å²) in [6, 6.07) is 11.2. The molecule has 1 heterocycles. The second-order valence-corrected chi connectivity index (χ2v) is 5.33. The zero-order chi connectivity index (χ0) is 16.7. The minimum absolute atomic E-state index is 0.0700. The maximum Gasteiger partial charge on any atom is 0.319 e. The molecule has 6 nitrogen and oxygen atoms in total. The van der Waals surface area contributed by atoms with Crippen LogP contribution in [-0.4, -0.2) is 43.7 Å². The summed E-state index contributed by atoms with van der Waals surface area (Å²) in [6.45, 7) is 0.491. The molecule has 2 N–H and O–H groups in total. The molecule has 2 rings (SSSR count). The Morgan fingerprint density at radius 1 is 1.26 bits per heavy atom. The number of aromatic nitrogens is 1. The van der Waals surface area contributed by atoms with Crippen molar-refractivity contribution in [3.05, 3.63) is 54.4 Å². The minimum atomic E-state index is -0.252. The molecule has 1 aromatic heterocycles. The standard InChI is InChI=1S/C17H22N4O2/c1-21(2)16(13-6-8-15(23-3)9-7-13)12-19-17(22)20-14-5-4-10-18-11-14/h4-11,16H,12H2,1-3H3,(H2,19,20,22). The smallest absolute Gasteiger partial charge is 0.319 e. The number of benzene rings is 1. The third kappa shape index (κ3) is 4.96. The molecule has 122 valence electrons. The highest BCUT2D eigenvalue weighted by Gasteiger charge is 2.15. The van der Waals surface area contributed by atoms with E-state index >= 15 is 0 Å². The van der Waals surface area contributed by atoms with E-state index in [0.717, 1.165) is 11.3 Å². The fourth-order valence-electron chi connectivity index (χ4n) is 2.23. The highest BCUT2D eigenvalue weighted by atomic mass is 16.5. The first-order valence-corrected chi connectivity index (χ1v) is 7.35. The number of rotatable bonds is 6. The van der Waals surface area contributed by atoms with E-state index < -0.39 is 0 Å². The highest BCUT2D eigenvalue weighted by Crippen LogP contribution is 2.20. The molecular weight excluding hydrogens is 292 g/mol. The monoisotopic (exact) mass is 314 g/mol. The number of hydrogen-bond donors (Lipinski definition) is 2. The van der Waals surface area contributed by atoms with E-state index in [1.807, 2.05) is 38.4 Å². The number of nitrogens with one attached hydrogen (secondary N) is 2. The molecule has 6 heteroatoms. The highest BCUT2D eigenvalue weighted by molar-refractivity contribution is 5.88. The maximum absolute atomic E-state index is 12.0. The molecule has 0 spiro atoms. The van der Waals surface area contributed by atoms with Crippen LogP contribution < -0.4 is 15.4 Å². The fourth-order valence-corrected chi connectivity index (χ4v) is 2.23. The molecule has 0 aliphatic carbocycles. The Labute approximate surface area is 136 Å². The Morgan fingerprint density at radius 3 is 2.57 bits per heavy atom. The van der Waals surface area contributed by atoms with E-state index in [-0.39, 0.29) is 12.1 Å². The Morgan fingerprint density at radius 2 is 2.00 bits per heavy atom. The lowest BCUT2D eigenvalue weighted by molar-refractivity contribution is 0.243. The van der Waals surface area contributed by atoms with Gasteiger partial charge >= 0.3 is 6.03 Å². The summed E-state index contributed by atoms with van der Waals surface area (Å²) >= 11 is 0. The number of carbonyl (C=O) groups excluding carboxylic acids is 1. The van der Waals surface area contributed by atoms with Crippen molar-refractivity contribution in [2.24, 2.45) is 0 Å². The number of hydrogen-bond acceptors (Lipinski definition) is 4. The largest absolute Gasteiger partial charge is 0.497 e. The normalized spacial score (nSPS) is 11.8. The van der Waals surface area contributed by atoms with Crippen molar-refractivity contribution in [2.45, 2.75) is 6.04 Å². The van der Waals surface area contributed by atoms with Gasteiger partial charge in [-0.25, -0.2) is 4.79 Å². The van der Waals surface area contributed by atoms with Crippen LogP contribution in [0.3, 0.4) is 0 Å². The Bertz CT molecular complexity index is 614. The summed E-state index contributed by atoms with van der Waals surface area (Å²) in [5, 5.41) is 5.64. The quantitative estimate of drug-likeness (QED) is 0.860. The first-order chi connectivity index (χ1) is 11.1. The number of anilines is 1. The number of methoxy groups -OCH3 is 1. The zero-order valence-electron chi connectivity index (χ0n) is 13.6. The summed E-state index contributed by atoms with van der Waals surface area (Å²) in [7, 11) is 5.61. The van der Waals surface area contributed by atoms with Crippen LogP contribution in [0.4, 0.5) is 10.5 Å². The van der Waals surface area contributed by atoms with E-state index in [1.54, 1.807) is 31.6 Å². The Kier molecular flexibility index (Phi) is 5.94. The summed E-state index contributed by atoms with van der Waals surface area (Å²) < 4.78 is 5.17. The fraction of sp³-hybridized carbons (Fsp3) is 0.294. The van der Waals surface area contributed by atoms with E-state index in [1.165, 1.54) is 0 Å². The van der Waals surface area contributed by atoms with Gasteiger partial charge in [0.2, 0.25) is 0 Å². The third-order valence-corrected chi connectivity index (χ3v) is 3.50. The molecule has 23 heavy (non-hydrogen) atoms. The van der Waals surface area contributed by atoms with Crippen LogP contribution in [0.2, 0.25) is 0 Å². The Balaban J connectivity index is 1.95. The molecular formula is C17H22N4O2. The molecule has 1 atom stereocenters. The zero-order valence-corrected chi connectivity index (χ0v) is 13.6. The molecule has 0 aliphatic heterocycles. The average molecular weight is 314 g/mol. The van der Waals surface area contributed by atoms with Gasteiger partial charge in [-0.1, -0.05) is 12.1 Å². The first kappa shape index (κ1) is 16.8. The van der Waals surface area contributed by atoms with Crippen LogP contribution in [0, 0.1) is 0 Å². The summed E-state index contributed by atoms with van der Waals surface area (Å²) in [6.07, 6.45) is 3.27. The Hall–Kier alpha value is -2.60. The number of carbonyl (C=O) groups is 1. The lowest BCUT2D eigenvalue weighted by atomic mass is 10.1. The van der Waals surface area contributed by atoms with Crippen molar-refractivity contribution in [3.63, 3.8) is 0 Å². The lowest BCUT2D eigenvalue weighted by Gasteiger charge is -2.25. The van der Waals surface area contributed by atoms with Gasteiger partial charge in [-0.15, -0.1) is 0 Å². The van der Waals surface area contributed by atoms with Crippen LogP contribution in [-0.2, 0) is 0 Å². The second-order valence-electron chi connectivity index (χ2n) is 5.33. The van der Waals surface area contributed by atoms with Crippen LogP contribution in [0.15, 0.2) is 48.8 Å². The van der Waals surface area contributed by atoms with Crippen LogP contribution in [0.25, 0.3) is 0 Å². The molecule has 0 saturated heterocycles. The van der Waals surface area contributed by atoms with E-state index in [0.29, 0.717) is 12.2 Å². The average Bonchev–Trinajstić information content (AvgIpc) is 2.56. The molecule has 0 aliphatic rings. The van der Waals surface area contributed by atoms with Gasteiger partial charge in [0.15, 0.2) is 0 Å². The molecule has 0 saturated carbocycles. The number of nitrogens with zero attached hydrogens (tertiary/aromatic N) is 2. The SMILES string of the molecule is COc1ccc(C(CNC(=O)Nc2cccnc2)N(C)C)cc1. The predicted octanol–water partition coefficient (Wildman–Crippen LogP) is 2.51. The minimum Gasteiger partial charge on any atom is -0.497 e. The molecule has 1 unspecified atom stereocenters. The van der Waals surface area contributed by atoms with Gasteiger partial charge in [0.1, 0.15) is 5.75 Å². The van der Waals surface area contributed by atoms with Crippen molar-refractivity contribution < 1.29 is 9.53 Å². The number of likely N-dealkylation sites (N-methyl/N-ethyl adjacent to an activating group) is 1. The first-order valence-electron chi connectivity index (χ1n) is 7.35. The second kappa shape index (κ2) is 8.14. The lowest BCUT2D eigenvalue weighted by Crippen LogP contribution is -2.36. The number of amides is 2. The van der Waals surface area contributed by atoms with Crippen molar-refractivity contribution >= 4 is 11.7 Å². The van der Waals surface area contributed by atoms with Gasteiger partial charge in [0.05, 0.1) is 25.0 Å². The summed E-state index contributed by atoms with van der Waals surface area (Å²) in [5.74, 6) is 0.813. The van der Waals surface area contributed by atoms with Crippen molar-refractivity contribution in [1.82, 2.24) is 15.2 Å². The van der Waals surface area contributed by atoms with Crippen LogP contribution in [0.5, 0.6) is 5.75 Å². The topological polar surface area (TPSA) is 66.5 Å². The maximum atomic E-state index is 12.0. The molecule has 1 aromatic carbocycles. The predicted molar refractivity (Wildman–Crippen MR) is 90.7 cm³/mol. The molecule has 2 aromatic rings. The summed E-state index contributed by atoms with van der Waals surface area (Å²) in [5.41, 5.74) is 1.77. The van der Waals surface area contributed by atoms with Crippen LogP contribution in [0.1, 0.15) is 11.6 Å². The van der Waals surface area contributed by atoms with E-state index in [4.69, 9.17) is 4.74 Å². The number of pyridine rings is 1. The van der Waals surface area contributed by atoms with Gasteiger partial charge in [0, 0.05) is 12.7 Å². The molecule has 0 radical (unpaired) electrons. The number of urea groups is 1. The third-order valence-electron chi connectivity index (χ3n) is 3.50. The van der Waals surface area contributed by atoms with Gasteiger partial charge < -0.3 is 20.3 Å². The van der Waals surface area contributed by atoms with Crippen LogP contribution >= 0.6 is 0 Å². The summed E-state index contributed by atoms with van der Waals surface area (Å²) in [4.78, 5) is 18.0. The van der Waals surface area contributed by atoms with Gasteiger partial charge in [0.25, 0.3) is 0 Å². The van der Waals surface area contributed by atoms with Gasteiger partial charge in [-0.05, 0) is 43.9 Å². The molecule has 0 bridgehead atoms. The van der Waals surface area contributed by atoms with Gasteiger partial charge in [-0.2, -0.15) is 0 Å². The van der Waals surface area contributed by atoms with Crippen molar-refractivity contribution in [1.29, 1.82) is 0 Å². The van der Waals surface area contributed by atoms with Crippen molar-refractivity contribution in [3.8, 4) is 5.75 Å². The molecule has 2 amide bonds. The number of ether oxygens (including phenoxy) is 1. The van der Waals surface area contributed by atoms with Gasteiger partial charge in [-0.3, -0.25) is 4.98 Å². The molecule has 0 fully saturated rings. The van der Waals surface area contributed by atoms with E-state index in [9.17, 15) is 4.79 Å². The van der Waals surface area contributed by atoms with Crippen molar-refractivity contribution in [2.75, 3.05) is 33.1 Å².